The normalized spacial score (nSPS) is 17.6. The summed E-state index contributed by atoms with van der Waals surface area (Å²) in [6.45, 7) is 6.06. The predicted octanol–water partition coefficient (Wildman–Crippen LogP) is 2.81. The molecule has 1 aliphatic heterocycles. The van der Waals surface area contributed by atoms with Crippen LogP contribution in [0.3, 0.4) is 0 Å². The molecule has 1 unspecified atom stereocenters. The van der Waals surface area contributed by atoms with Gasteiger partial charge in [0.1, 0.15) is 11.2 Å². The standard InChI is InChI=1S/C10H14N2OS.C2H6/c1-6-4-7(13-3)9-8(5-6)14-10(11)12(9)2;1-2/h4-5,10H,11H2,1-3H3;1-2H3. The topological polar surface area (TPSA) is 38.5 Å². The maximum absolute atomic E-state index is 5.94. The number of benzene rings is 1. The number of hydrogen-bond donors (Lipinski definition) is 1. The fourth-order valence-electron chi connectivity index (χ4n) is 1.64. The van der Waals surface area contributed by atoms with E-state index in [1.54, 1.807) is 18.9 Å². The molecule has 1 aliphatic rings. The fourth-order valence-corrected chi connectivity index (χ4v) is 2.78. The molecule has 2 N–H and O–H groups in total. The van der Waals surface area contributed by atoms with Crippen molar-refractivity contribution in [3.63, 3.8) is 0 Å². The maximum atomic E-state index is 5.94. The third-order valence-electron chi connectivity index (χ3n) is 2.39. The number of aryl methyl sites for hydroxylation is 1. The van der Waals surface area contributed by atoms with Gasteiger partial charge in [0.2, 0.25) is 0 Å². The molecule has 0 spiro atoms. The van der Waals surface area contributed by atoms with E-state index >= 15 is 0 Å². The highest BCUT2D eigenvalue weighted by molar-refractivity contribution is 8.00. The average Bonchev–Trinajstić information content (AvgIpc) is 2.56. The Morgan fingerprint density at radius 1 is 1.38 bits per heavy atom. The molecule has 1 heterocycles. The molecule has 1 atom stereocenters. The zero-order valence-corrected chi connectivity index (χ0v) is 11.4. The highest BCUT2D eigenvalue weighted by Gasteiger charge is 2.27. The van der Waals surface area contributed by atoms with Crippen molar-refractivity contribution in [2.75, 3.05) is 19.1 Å². The van der Waals surface area contributed by atoms with Crippen molar-refractivity contribution in [2.24, 2.45) is 5.73 Å². The van der Waals surface area contributed by atoms with Gasteiger partial charge in [-0.15, -0.1) is 0 Å². The number of anilines is 1. The average molecular weight is 240 g/mol. The van der Waals surface area contributed by atoms with Crippen LogP contribution in [0.15, 0.2) is 17.0 Å². The second-order valence-electron chi connectivity index (χ2n) is 3.43. The molecule has 0 bridgehead atoms. The van der Waals surface area contributed by atoms with E-state index in [0.29, 0.717) is 0 Å². The van der Waals surface area contributed by atoms with Gasteiger partial charge in [-0.25, -0.2) is 0 Å². The van der Waals surface area contributed by atoms with Gasteiger partial charge >= 0.3 is 0 Å². The van der Waals surface area contributed by atoms with E-state index in [4.69, 9.17) is 10.5 Å². The Labute approximate surface area is 102 Å². The van der Waals surface area contributed by atoms with Crippen molar-refractivity contribution in [2.45, 2.75) is 31.2 Å². The molecular weight excluding hydrogens is 220 g/mol. The SMILES string of the molecule is CC.COc1cc(C)cc2c1N(C)C(N)S2. The van der Waals surface area contributed by atoms with Crippen molar-refractivity contribution < 1.29 is 4.74 Å². The first kappa shape index (κ1) is 13.2. The molecule has 0 radical (unpaired) electrons. The molecule has 0 saturated heterocycles. The van der Waals surface area contributed by atoms with Crippen molar-refractivity contribution >= 4 is 17.4 Å². The Balaban J connectivity index is 0.000000606. The summed E-state index contributed by atoms with van der Waals surface area (Å²) in [5.74, 6) is 0.906. The van der Waals surface area contributed by atoms with E-state index < -0.39 is 0 Å². The number of methoxy groups -OCH3 is 1. The van der Waals surface area contributed by atoms with Crippen LogP contribution in [-0.4, -0.2) is 19.7 Å². The van der Waals surface area contributed by atoms with Crippen LogP contribution >= 0.6 is 11.8 Å². The van der Waals surface area contributed by atoms with Crippen molar-refractivity contribution in [1.29, 1.82) is 0 Å². The van der Waals surface area contributed by atoms with Gasteiger partial charge in [0.25, 0.3) is 0 Å². The second-order valence-corrected chi connectivity index (χ2v) is 4.59. The van der Waals surface area contributed by atoms with E-state index in [9.17, 15) is 0 Å². The van der Waals surface area contributed by atoms with Gasteiger partial charge in [-0.05, 0) is 24.6 Å². The van der Waals surface area contributed by atoms with E-state index in [-0.39, 0.29) is 5.50 Å². The number of hydrogen-bond acceptors (Lipinski definition) is 4. The van der Waals surface area contributed by atoms with Gasteiger partial charge in [-0.1, -0.05) is 25.6 Å². The summed E-state index contributed by atoms with van der Waals surface area (Å²) in [5.41, 5.74) is 8.25. The monoisotopic (exact) mass is 240 g/mol. The number of nitrogens with zero attached hydrogens (tertiary/aromatic N) is 1. The highest BCUT2D eigenvalue weighted by atomic mass is 32.2. The Bertz CT molecular complexity index is 368. The summed E-state index contributed by atoms with van der Waals surface area (Å²) >= 11 is 1.67. The van der Waals surface area contributed by atoms with Crippen LogP contribution in [-0.2, 0) is 0 Å². The van der Waals surface area contributed by atoms with Crippen LogP contribution in [0.4, 0.5) is 5.69 Å². The summed E-state index contributed by atoms with van der Waals surface area (Å²) in [4.78, 5) is 3.25. The lowest BCUT2D eigenvalue weighted by Gasteiger charge is -2.19. The molecule has 16 heavy (non-hydrogen) atoms. The summed E-state index contributed by atoms with van der Waals surface area (Å²) in [6, 6.07) is 4.18. The number of thioether (sulfide) groups is 1. The second kappa shape index (κ2) is 5.46. The molecule has 3 nitrogen and oxygen atoms in total. The van der Waals surface area contributed by atoms with Crippen LogP contribution in [0.2, 0.25) is 0 Å². The lowest BCUT2D eigenvalue weighted by Crippen LogP contribution is -2.32. The van der Waals surface area contributed by atoms with E-state index in [1.165, 1.54) is 10.5 Å². The predicted molar refractivity (Wildman–Crippen MR) is 71.3 cm³/mol. The quantitative estimate of drug-likeness (QED) is 0.819. The first-order valence-electron chi connectivity index (χ1n) is 5.47. The molecular formula is C12H20N2OS. The zero-order valence-electron chi connectivity index (χ0n) is 10.6. The van der Waals surface area contributed by atoms with Gasteiger partial charge in [0.05, 0.1) is 12.8 Å². The Morgan fingerprint density at radius 3 is 2.56 bits per heavy atom. The summed E-state index contributed by atoms with van der Waals surface area (Å²) in [5, 5.41) is 0. The molecule has 0 saturated carbocycles. The third-order valence-corrected chi connectivity index (χ3v) is 3.51. The van der Waals surface area contributed by atoms with E-state index in [2.05, 4.69) is 13.0 Å². The van der Waals surface area contributed by atoms with Crippen molar-refractivity contribution in [3.8, 4) is 5.75 Å². The highest BCUT2D eigenvalue weighted by Crippen LogP contribution is 2.46. The van der Waals surface area contributed by atoms with Gasteiger partial charge in [-0.2, -0.15) is 0 Å². The van der Waals surface area contributed by atoms with Gasteiger partial charge in [0, 0.05) is 11.9 Å². The molecule has 0 amide bonds. The summed E-state index contributed by atoms with van der Waals surface area (Å²) < 4.78 is 5.35. The van der Waals surface area contributed by atoms with E-state index in [1.807, 2.05) is 31.9 Å². The van der Waals surface area contributed by atoms with Crippen LogP contribution in [0.1, 0.15) is 19.4 Å². The number of rotatable bonds is 1. The molecule has 1 aromatic carbocycles. The van der Waals surface area contributed by atoms with E-state index in [0.717, 1.165) is 11.4 Å². The molecule has 90 valence electrons. The lowest BCUT2D eigenvalue weighted by molar-refractivity contribution is 0.413. The molecule has 4 heteroatoms. The fraction of sp³-hybridized carbons (Fsp3) is 0.500. The smallest absolute Gasteiger partial charge is 0.143 e. The van der Waals surface area contributed by atoms with Crippen LogP contribution in [0.25, 0.3) is 0 Å². The van der Waals surface area contributed by atoms with Crippen molar-refractivity contribution in [3.05, 3.63) is 17.7 Å². The third kappa shape index (κ3) is 2.28. The molecule has 0 fully saturated rings. The Kier molecular flexibility index (Phi) is 4.50. The summed E-state index contributed by atoms with van der Waals surface area (Å²) in [6.07, 6.45) is 0. The molecule has 2 rings (SSSR count). The zero-order chi connectivity index (χ0) is 12.3. The minimum atomic E-state index is 0.000648. The number of nitrogens with two attached hydrogens (primary N) is 1. The first-order valence-corrected chi connectivity index (χ1v) is 6.35. The van der Waals surface area contributed by atoms with Gasteiger partial charge in [-0.3, -0.25) is 0 Å². The first-order chi connectivity index (χ1) is 7.63. The van der Waals surface area contributed by atoms with Crippen LogP contribution in [0, 0.1) is 6.92 Å². The Morgan fingerprint density at radius 2 is 2.00 bits per heavy atom. The van der Waals surface area contributed by atoms with Gasteiger partial charge in [0.15, 0.2) is 0 Å². The Hall–Kier alpha value is -0.870. The van der Waals surface area contributed by atoms with Crippen LogP contribution in [0.5, 0.6) is 5.75 Å². The van der Waals surface area contributed by atoms with Crippen LogP contribution < -0.4 is 15.4 Å². The number of fused-ring (bicyclic) bond motifs is 1. The van der Waals surface area contributed by atoms with Crippen molar-refractivity contribution in [1.82, 2.24) is 0 Å². The molecule has 1 aromatic rings. The molecule has 0 aliphatic carbocycles. The largest absolute Gasteiger partial charge is 0.495 e. The minimum Gasteiger partial charge on any atom is -0.495 e. The maximum Gasteiger partial charge on any atom is 0.143 e. The number of ether oxygens (including phenoxy) is 1. The minimum absolute atomic E-state index is 0.000648. The van der Waals surface area contributed by atoms with Gasteiger partial charge < -0.3 is 15.4 Å². The summed E-state index contributed by atoms with van der Waals surface area (Å²) in [7, 11) is 3.68. The lowest BCUT2D eigenvalue weighted by atomic mass is 10.2. The molecule has 0 aromatic heterocycles.